The maximum Gasteiger partial charge on any atom is 0.321 e. The Morgan fingerprint density at radius 2 is 1.67 bits per heavy atom. The third-order valence-corrected chi connectivity index (χ3v) is 3.99. The Hall–Kier alpha value is -2.74. The van der Waals surface area contributed by atoms with Gasteiger partial charge in [0.2, 0.25) is 5.75 Å². The minimum atomic E-state index is -0.485. The van der Waals surface area contributed by atoms with Crippen molar-refractivity contribution in [2.24, 2.45) is 0 Å². The monoisotopic (exact) mass is 349 g/mol. The minimum Gasteiger partial charge on any atom is -0.493 e. The summed E-state index contributed by atoms with van der Waals surface area (Å²) in [7, 11) is 2.94. The number of thioether (sulfide) groups is 1. The van der Waals surface area contributed by atoms with Crippen molar-refractivity contribution in [3.8, 4) is 17.2 Å². The average molecular weight is 349 g/mol. The molecule has 2 aromatic carbocycles. The minimum absolute atomic E-state index is 0.000634. The second-order valence-corrected chi connectivity index (χ2v) is 5.55. The van der Waals surface area contributed by atoms with Crippen LogP contribution in [0, 0.1) is 10.1 Å². The first-order chi connectivity index (χ1) is 11.5. The van der Waals surface area contributed by atoms with Gasteiger partial charge in [0, 0.05) is 17.0 Å². The molecule has 0 saturated heterocycles. The van der Waals surface area contributed by atoms with E-state index in [1.165, 1.54) is 38.1 Å². The second-order valence-electron chi connectivity index (χ2n) is 4.51. The Bertz CT molecular complexity index is 710. The summed E-state index contributed by atoms with van der Waals surface area (Å²) in [5.74, 6) is 0.558. The highest BCUT2D eigenvalue weighted by molar-refractivity contribution is 8.00. The molecular formula is C16H15NO6S. The van der Waals surface area contributed by atoms with Gasteiger partial charge in [0.1, 0.15) is 0 Å². The van der Waals surface area contributed by atoms with E-state index in [-0.39, 0.29) is 17.2 Å². The molecule has 0 aliphatic rings. The molecule has 0 aliphatic heterocycles. The van der Waals surface area contributed by atoms with Crippen molar-refractivity contribution in [1.82, 2.24) is 0 Å². The molecule has 0 bridgehead atoms. The molecule has 7 nitrogen and oxygen atoms in total. The molecule has 0 N–H and O–H groups in total. The van der Waals surface area contributed by atoms with Crippen LogP contribution in [0.3, 0.4) is 0 Å². The summed E-state index contributed by atoms with van der Waals surface area (Å²) >= 11 is 1.22. The van der Waals surface area contributed by atoms with Crippen molar-refractivity contribution in [1.29, 1.82) is 0 Å². The molecule has 8 heteroatoms. The fraction of sp³-hybridized carbons (Fsp3) is 0.188. The number of ether oxygens (including phenoxy) is 3. The number of para-hydroxylation sites is 1. The molecule has 0 fully saturated rings. The van der Waals surface area contributed by atoms with Crippen LogP contribution < -0.4 is 14.2 Å². The van der Waals surface area contributed by atoms with Crippen LogP contribution in [0.1, 0.15) is 0 Å². The first-order valence-electron chi connectivity index (χ1n) is 6.84. The van der Waals surface area contributed by atoms with E-state index >= 15 is 0 Å². The van der Waals surface area contributed by atoms with Gasteiger partial charge in [-0.25, -0.2) is 0 Å². The van der Waals surface area contributed by atoms with Crippen LogP contribution >= 0.6 is 11.8 Å². The van der Waals surface area contributed by atoms with Crippen molar-refractivity contribution >= 4 is 23.4 Å². The third-order valence-electron chi connectivity index (χ3n) is 3.00. The molecule has 0 heterocycles. The van der Waals surface area contributed by atoms with Crippen LogP contribution in [-0.2, 0) is 4.79 Å². The second kappa shape index (κ2) is 8.21. The molecule has 0 unspecified atom stereocenters. The van der Waals surface area contributed by atoms with Crippen molar-refractivity contribution in [2.45, 2.75) is 4.90 Å². The predicted molar refractivity (Wildman–Crippen MR) is 89.0 cm³/mol. The Balaban J connectivity index is 2.00. The van der Waals surface area contributed by atoms with Crippen LogP contribution in [0.5, 0.6) is 17.2 Å². The van der Waals surface area contributed by atoms with Gasteiger partial charge in [-0.1, -0.05) is 6.07 Å². The average Bonchev–Trinajstić information content (AvgIpc) is 2.60. The fourth-order valence-corrected chi connectivity index (χ4v) is 2.54. The number of nitro benzene ring substituents is 1. The van der Waals surface area contributed by atoms with E-state index < -0.39 is 10.9 Å². The van der Waals surface area contributed by atoms with E-state index in [1.807, 2.05) is 0 Å². The van der Waals surface area contributed by atoms with Gasteiger partial charge < -0.3 is 14.2 Å². The molecule has 2 rings (SSSR count). The molecule has 0 aliphatic carbocycles. The highest BCUT2D eigenvalue weighted by Gasteiger charge is 2.16. The van der Waals surface area contributed by atoms with Gasteiger partial charge in [-0.15, -0.1) is 11.8 Å². The highest BCUT2D eigenvalue weighted by Crippen LogP contribution is 2.37. The Kier molecular flexibility index (Phi) is 6.02. The van der Waals surface area contributed by atoms with E-state index in [4.69, 9.17) is 14.2 Å². The molecule has 0 radical (unpaired) electrons. The SMILES string of the molecule is COc1cccc(OC)c1OC(=O)CSc1ccc([N+](=O)[O-])cc1. The van der Waals surface area contributed by atoms with Gasteiger partial charge in [-0.2, -0.15) is 0 Å². The summed E-state index contributed by atoms with van der Waals surface area (Å²) in [6, 6.07) is 11.0. The number of carbonyl (C=O) groups is 1. The standard InChI is InChI=1S/C16H15NO6S/c1-21-13-4-3-5-14(22-2)16(13)23-15(18)10-24-12-8-6-11(7-9-12)17(19)20/h3-9H,10H2,1-2H3. The Morgan fingerprint density at radius 3 is 2.17 bits per heavy atom. The zero-order valence-corrected chi connectivity index (χ0v) is 13.9. The zero-order chi connectivity index (χ0) is 17.5. The number of hydrogen-bond acceptors (Lipinski definition) is 7. The number of non-ortho nitro benzene ring substituents is 1. The van der Waals surface area contributed by atoms with E-state index in [9.17, 15) is 14.9 Å². The summed E-state index contributed by atoms with van der Waals surface area (Å²) in [6.07, 6.45) is 0. The number of hydrogen-bond donors (Lipinski definition) is 0. The largest absolute Gasteiger partial charge is 0.493 e. The van der Waals surface area contributed by atoms with Crippen LogP contribution in [0.25, 0.3) is 0 Å². The van der Waals surface area contributed by atoms with E-state index in [0.717, 1.165) is 4.90 Å². The molecule has 0 saturated carbocycles. The molecule has 2 aromatic rings. The van der Waals surface area contributed by atoms with E-state index in [1.54, 1.807) is 30.3 Å². The smallest absolute Gasteiger partial charge is 0.321 e. The molecule has 0 spiro atoms. The van der Waals surface area contributed by atoms with Crippen molar-refractivity contribution in [2.75, 3.05) is 20.0 Å². The van der Waals surface area contributed by atoms with Crippen molar-refractivity contribution < 1.29 is 23.9 Å². The number of esters is 1. The number of nitrogens with zero attached hydrogens (tertiary/aromatic N) is 1. The predicted octanol–water partition coefficient (Wildman–Crippen LogP) is 3.31. The summed E-state index contributed by atoms with van der Waals surface area (Å²) in [6.45, 7) is 0. The van der Waals surface area contributed by atoms with Gasteiger partial charge in [0.25, 0.3) is 5.69 Å². The van der Waals surface area contributed by atoms with Crippen LogP contribution in [0.2, 0.25) is 0 Å². The van der Waals surface area contributed by atoms with Gasteiger partial charge in [0.15, 0.2) is 11.5 Å². The molecule has 0 amide bonds. The topological polar surface area (TPSA) is 87.9 Å². The maximum absolute atomic E-state index is 12.0. The van der Waals surface area contributed by atoms with Crippen molar-refractivity contribution in [3.05, 3.63) is 52.6 Å². The lowest BCUT2D eigenvalue weighted by molar-refractivity contribution is -0.384. The number of rotatable bonds is 7. The maximum atomic E-state index is 12.0. The first-order valence-corrected chi connectivity index (χ1v) is 7.82. The van der Waals surface area contributed by atoms with E-state index in [0.29, 0.717) is 11.5 Å². The number of methoxy groups -OCH3 is 2. The third kappa shape index (κ3) is 4.39. The lowest BCUT2D eigenvalue weighted by Crippen LogP contribution is -2.12. The van der Waals surface area contributed by atoms with Crippen LogP contribution in [0.4, 0.5) is 5.69 Å². The molecule has 24 heavy (non-hydrogen) atoms. The zero-order valence-electron chi connectivity index (χ0n) is 13.1. The van der Waals surface area contributed by atoms with Gasteiger partial charge >= 0.3 is 5.97 Å². The lowest BCUT2D eigenvalue weighted by Gasteiger charge is -2.12. The first kappa shape index (κ1) is 17.6. The quantitative estimate of drug-likeness (QED) is 0.249. The summed E-state index contributed by atoms with van der Waals surface area (Å²) in [5, 5.41) is 10.6. The van der Waals surface area contributed by atoms with Crippen LogP contribution in [0.15, 0.2) is 47.4 Å². The normalized spacial score (nSPS) is 10.1. The summed E-state index contributed by atoms with van der Waals surface area (Å²) in [5.41, 5.74) is 0.000634. The van der Waals surface area contributed by atoms with Crippen LogP contribution in [-0.4, -0.2) is 30.9 Å². The molecular weight excluding hydrogens is 334 g/mol. The Morgan fingerprint density at radius 1 is 1.08 bits per heavy atom. The van der Waals surface area contributed by atoms with E-state index in [2.05, 4.69) is 0 Å². The number of carbonyl (C=O) groups excluding carboxylic acids is 1. The number of nitro groups is 1. The van der Waals surface area contributed by atoms with Gasteiger partial charge in [-0.3, -0.25) is 14.9 Å². The molecule has 126 valence electrons. The summed E-state index contributed by atoms with van der Waals surface area (Å²) in [4.78, 5) is 22.9. The van der Waals surface area contributed by atoms with Gasteiger partial charge in [0.05, 0.1) is 24.9 Å². The lowest BCUT2D eigenvalue weighted by atomic mass is 10.3. The summed E-state index contributed by atoms with van der Waals surface area (Å²) < 4.78 is 15.6. The highest BCUT2D eigenvalue weighted by atomic mass is 32.2. The molecule has 0 aromatic heterocycles. The fourth-order valence-electron chi connectivity index (χ4n) is 1.87. The van der Waals surface area contributed by atoms with Gasteiger partial charge in [-0.05, 0) is 24.3 Å². The number of benzene rings is 2. The molecule has 0 atom stereocenters. The Labute approximate surface area is 142 Å². The van der Waals surface area contributed by atoms with Crippen molar-refractivity contribution in [3.63, 3.8) is 0 Å².